The summed E-state index contributed by atoms with van der Waals surface area (Å²) < 4.78 is 9.89. The van der Waals surface area contributed by atoms with Crippen molar-refractivity contribution >= 4 is 16.9 Å². The fraction of sp³-hybridized carbons (Fsp3) is 0.462. The highest BCUT2D eigenvalue weighted by Gasteiger charge is 2.16. The van der Waals surface area contributed by atoms with Crippen molar-refractivity contribution in [1.29, 1.82) is 0 Å². The van der Waals surface area contributed by atoms with Gasteiger partial charge in [-0.05, 0) is 40.9 Å². The van der Waals surface area contributed by atoms with Gasteiger partial charge in [0.1, 0.15) is 11.0 Å². The molecule has 0 atom stereocenters. The Morgan fingerprint density at radius 1 is 1.26 bits per heavy atom. The van der Waals surface area contributed by atoms with Crippen molar-refractivity contribution in [3.05, 3.63) is 23.8 Å². The van der Waals surface area contributed by atoms with Crippen LogP contribution < -0.4 is 5.32 Å². The van der Waals surface area contributed by atoms with Crippen molar-refractivity contribution in [2.75, 3.05) is 13.2 Å². The fourth-order valence-electron chi connectivity index (χ4n) is 2.24. The molecule has 0 unspecified atom stereocenters. The summed E-state index contributed by atoms with van der Waals surface area (Å²) in [7, 11) is 0. The van der Waals surface area contributed by atoms with Crippen molar-refractivity contribution in [2.45, 2.75) is 25.3 Å². The van der Waals surface area contributed by atoms with Crippen LogP contribution in [0, 0.1) is 0 Å². The maximum absolute atomic E-state index is 11.9. The summed E-state index contributed by atoms with van der Waals surface area (Å²) in [5.74, 6) is 0.0303. The highest BCUT2D eigenvalue weighted by molar-refractivity contribution is 5.81. The van der Waals surface area contributed by atoms with Gasteiger partial charge in [-0.25, -0.2) is 4.63 Å². The molecule has 1 aromatic carbocycles. The summed E-state index contributed by atoms with van der Waals surface area (Å²) >= 11 is 0. The number of carbonyl (C=O) groups excluding carboxylic acids is 1. The molecule has 6 nitrogen and oxygen atoms in total. The van der Waals surface area contributed by atoms with Crippen molar-refractivity contribution in [3.8, 4) is 0 Å². The van der Waals surface area contributed by atoms with Crippen LogP contribution >= 0.6 is 0 Å². The Morgan fingerprint density at radius 3 is 2.89 bits per heavy atom. The predicted octanol–water partition coefficient (Wildman–Crippen LogP) is 1.06. The second-order valence-electron chi connectivity index (χ2n) is 4.72. The Hall–Kier alpha value is -1.95. The summed E-state index contributed by atoms with van der Waals surface area (Å²) in [6, 6.07) is 5.74. The smallest absolute Gasteiger partial charge is 0.224 e. The van der Waals surface area contributed by atoms with Gasteiger partial charge in [-0.3, -0.25) is 4.79 Å². The van der Waals surface area contributed by atoms with Gasteiger partial charge < -0.3 is 10.1 Å². The van der Waals surface area contributed by atoms with E-state index in [0.717, 1.165) is 31.6 Å². The van der Waals surface area contributed by atoms with Crippen molar-refractivity contribution < 1.29 is 14.2 Å². The number of amides is 1. The van der Waals surface area contributed by atoms with Crippen LogP contribution in [0.5, 0.6) is 0 Å². The lowest BCUT2D eigenvalue weighted by molar-refractivity contribution is -0.121. The van der Waals surface area contributed by atoms with Crippen LogP contribution in [0.15, 0.2) is 22.8 Å². The van der Waals surface area contributed by atoms with Gasteiger partial charge in [0, 0.05) is 19.3 Å². The second-order valence-corrected chi connectivity index (χ2v) is 4.72. The van der Waals surface area contributed by atoms with Crippen molar-refractivity contribution in [2.24, 2.45) is 0 Å². The third-order valence-electron chi connectivity index (χ3n) is 3.27. The Bertz CT molecular complexity index is 575. The first kappa shape index (κ1) is 12.1. The molecule has 1 fully saturated rings. The summed E-state index contributed by atoms with van der Waals surface area (Å²) in [5.41, 5.74) is 2.29. The zero-order valence-corrected chi connectivity index (χ0v) is 10.5. The van der Waals surface area contributed by atoms with Gasteiger partial charge >= 0.3 is 0 Å². The van der Waals surface area contributed by atoms with E-state index in [1.54, 1.807) is 0 Å². The first-order valence-corrected chi connectivity index (χ1v) is 6.39. The Kier molecular flexibility index (Phi) is 3.41. The van der Waals surface area contributed by atoms with Crippen molar-refractivity contribution in [1.82, 2.24) is 15.6 Å². The minimum atomic E-state index is 0.0303. The van der Waals surface area contributed by atoms with E-state index in [2.05, 4.69) is 20.3 Å². The normalized spacial score (nSPS) is 16.6. The molecule has 0 bridgehead atoms. The fourth-order valence-corrected chi connectivity index (χ4v) is 2.24. The van der Waals surface area contributed by atoms with E-state index in [9.17, 15) is 4.79 Å². The van der Waals surface area contributed by atoms with E-state index in [1.807, 2.05) is 18.2 Å². The van der Waals surface area contributed by atoms with Crippen LogP contribution in [-0.4, -0.2) is 35.5 Å². The lowest BCUT2D eigenvalue weighted by Crippen LogP contribution is -2.39. The largest absolute Gasteiger partial charge is 0.381 e. The molecule has 1 amide bonds. The van der Waals surface area contributed by atoms with Gasteiger partial charge in [0.2, 0.25) is 5.91 Å². The summed E-state index contributed by atoms with van der Waals surface area (Å²) in [6.07, 6.45) is 2.12. The number of ether oxygens (including phenoxy) is 1. The molecule has 0 saturated carbocycles. The van der Waals surface area contributed by atoms with Crippen molar-refractivity contribution in [3.63, 3.8) is 0 Å². The molecule has 2 aromatic rings. The monoisotopic (exact) mass is 261 g/mol. The molecule has 0 spiro atoms. The molecule has 1 aliphatic heterocycles. The van der Waals surface area contributed by atoms with Gasteiger partial charge in [0.25, 0.3) is 0 Å². The molecular formula is C13H15N3O3. The number of nitrogens with one attached hydrogen (secondary N) is 1. The van der Waals surface area contributed by atoms with Crippen LogP contribution in [0.1, 0.15) is 18.4 Å². The molecule has 19 heavy (non-hydrogen) atoms. The number of aromatic nitrogens is 2. The number of nitrogens with zero attached hydrogens (tertiary/aromatic N) is 2. The van der Waals surface area contributed by atoms with Gasteiger partial charge in [-0.15, -0.1) is 0 Å². The third kappa shape index (κ3) is 2.90. The molecule has 100 valence electrons. The molecule has 0 aliphatic carbocycles. The highest BCUT2D eigenvalue weighted by Crippen LogP contribution is 2.12. The number of hydrogen-bond donors (Lipinski definition) is 1. The van der Waals surface area contributed by atoms with Gasteiger partial charge in [-0.1, -0.05) is 6.07 Å². The first-order valence-electron chi connectivity index (χ1n) is 6.39. The molecule has 6 heteroatoms. The number of hydrogen-bond acceptors (Lipinski definition) is 5. The standard InChI is InChI=1S/C13H15N3O3/c17-13(14-10-3-5-18-6-4-10)8-9-1-2-11-12(7-9)16-19-15-11/h1-2,7,10H,3-6,8H2,(H,14,17). The second kappa shape index (κ2) is 5.36. The Labute approximate surface area is 110 Å². The van der Waals surface area contributed by atoms with Crippen LogP contribution in [0.25, 0.3) is 11.0 Å². The van der Waals surface area contributed by atoms with E-state index in [0.29, 0.717) is 17.5 Å². The number of carbonyl (C=O) groups is 1. The number of benzene rings is 1. The zero-order valence-electron chi connectivity index (χ0n) is 10.5. The van der Waals surface area contributed by atoms with E-state index in [1.165, 1.54) is 0 Å². The first-order chi connectivity index (χ1) is 9.31. The van der Waals surface area contributed by atoms with Crippen LogP contribution in [-0.2, 0) is 16.0 Å². The van der Waals surface area contributed by atoms with Crippen LogP contribution in [0.3, 0.4) is 0 Å². The number of rotatable bonds is 3. The topological polar surface area (TPSA) is 77.2 Å². The predicted molar refractivity (Wildman–Crippen MR) is 67.5 cm³/mol. The minimum Gasteiger partial charge on any atom is -0.381 e. The van der Waals surface area contributed by atoms with Gasteiger partial charge in [0.05, 0.1) is 6.42 Å². The molecule has 0 radical (unpaired) electrons. The van der Waals surface area contributed by atoms with E-state index < -0.39 is 0 Å². The van der Waals surface area contributed by atoms with E-state index in [-0.39, 0.29) is 11.9 Å². The summed E-state index contributed by atoms with van der Waals surface area (Å²) in [4.78, 5) is 11.9. The maximum Gasteiger partial charge on any atom is 0.224 e. The average molecular weight is 261 g/mol. The lowest BCUT2D eigenvalue weighted by Gasteiger charge is -2.23. The molecule has 1 N–H and O–H groups in total. The zero-order chi connectivity index (χ0) is 13.1. The summed E-state index contributed by atoms with van der Waals surface area (Å²) in [6.45, 7) is 1.45. The molecular weight excluding hydrogens is 246 g/mol. The molecule has 1 saturated heterocycles. The molecule has 3 rings (SSSR count). The minimum absolute atomic E-state index is 0.0303. The Balaban J connectivity index is 1.61. The SMILES string of the molecule is O=C(Cc1ccc2nonc2c1)NC1CCOCC1. The van der Waals surface area contributed by atoms with Gasteiger partial charge in [-0.2, -0.15) is 0 Å². The average Bonchev–Trinajstić information content (AvgIpc) is 2.87. The van der Waals surface area contributed by atoms with E-state index in [4.69, 9.17) is 4.74 Å². The van der Waals surface area contributed by atoms with Crippen LogP contribution in [0.4, 0.5) is 0 Å². The molecule has 1 aromatic heterocycles. The Morgan fingerprint density at radius 2 is 2.05 bits per heavy atom. The maximum atomic E-state index is 11.9. The van der Waals surface area contributed by atoms with Crippen LogP contribution in [0.2, 0.25) is 0 Å². The van der Waals surface area contributed by atoms with Gasteiger partial charge in [0.15, 0.2) is 0 Å². The molecule has 2 heterocycles. The third-order valence-corrected chi connectivity index (χ3v) is 3.27. The molecule has 1 aliphatic rings. The lowest BCUT2D eigenvalue weighted by atomic mass is 10.1. The number of fused-ring (bicyclic) bond motifs is 1. The highest BCUT2D eigenvalue weighted by atomic mass is 16.6. The summed E-state index contributed by atoms with van der Waals surface area (Å²) in [5, 5.41) is 10.5. The quantitative estimate of drug-likeness (QED) is 0.894. The van der Waals surface area contributed by atoms with E-state index >= 15 is 0 Å².